The van der Waals surface area contributed by atoms with Gasteiger partial charge < -0.3 is 15.5 Å². The fourth-order valence-electron chi connectivity index (χ4n) is 5.04. The van der Waals surface area contributed by atoms with Crippen molar-refractivity contribution < 1.29 is 4.74 Å². The van der Waals surface area contributed by atoms with Crippen LogP contribution in [0, 0.1) is 6.92 Å². The second-order valence-corrected chi connectivity index (χ2v) is 11.1. The monoisotopic (exact) mass is 552 g/mol. The Bertz CT molecular complexity index is 1790. The molecular formula is C30H32N8OS. The van der Waals surface area contributed by atoms with Gasteiger partial charge in [-0.25, -0.2) is 4.98 Å². The van der Waals surface area contributed by atoms with Gasteiger partial charge in [-0.15, -0.1) is 11.3 Å². The molecule has 0 bridgehead atoms. The van der Waals surface area contributed by atoms with Crippen LogP contribution in [-0.4, -0.2) is 61.3 Å². The van der Waals surface area contributed by atoms with E-state index in [1.54, 1.807) is 36.1 Å². The molecular weight excluding hydrogens is 520 g/mol. The van der Waals surface area contributed by atoms with Gasteiger partial charge in [-0.3, -0.25) is 20.0 Å². The Hall–Kier alpha value is -4.28. The first-order valence-corrected chi connectivity index (χ1v) is 14.3. The van der Waals surface area contributed by atoms with Gasteiger partial charge in [0.2, 0.25) is 0 Å². The Kier molecular flexibility index (Phi) is 7.43. The van der Waals surface area contributed by atoms with E-state index in [2.05, 4.69) is 49.1 Å². The molecule has 0 unspecified atom stereocenters. The zero-order valence-corrected chi connectivity index (χ0v) is 23.5. The number of hydrogen-bond donors (Lipinski definition) is 3. The van der Waals surface area contributed by atoms with Gasteiger partial charge in [0, 0.05) is 40.8 Å². The average molecular weight is 553 g/mol. The molecule has 6 heterocycles. The minimum absolute atomic E-state index is 0.630. The van der Waals surface area contributed by atoms with Crippen LogP contribution in [0.4, 0.5) is 0 Å². The number of aromatic nitrogens is 6. The number of pyridine rings is 2. The van der Waals surface area contributed by atoms with Gasteiger partial charge in [-0.2, -0.15) is 5.10 Å². The first-order chi connectivity index (χ1) is 19.6. The molecule has 1 fully saturated rings. The maximum absolute atomic E-state index is 6.14. The van der Waals surface area contributed by atoms with Crippen molar-refractivity contribution in [2.24, 2.45) is 5.73 Å². The summed E-state index contributed by atoms with van der Waals surface area (Å²) in [5, 5.41) is 9.51. The Balaban J connectivity index is 1.34. The van der Waals surface area contributed by atoms with Gasteiger partial charge in [0.1, 0.15) is 29.3 Å². The van der Waals surface area contributed by atoms with Gasteiger partial charge in [0.25, 0.3) is 0 Å². The van der Waals surface area contributed by atoms with Crippen molar-refractivity contribution in [3.8, 4) is 27.8 Å². The number of hydrogen-bond acceptors (Lipinski definition) is 8. The molecule has 5 aromatic rings. The number of H-pyrrole nitrogens is 2. The van der Waals surface area contributed by atoms with Gasteiger partial charge in [-0.05, 0) is 75.7 Å². The molecule has 0 radical (unpaired) electrons. The van der Waals surface area contributed by atoms with Crippen LogP contribution in [0.1, 0.15) is 30.2 Å². The minimum atomic E-state index is 0.630. The van der Waals surface area contributed by atoms with Gasteiger partial charge in [0.05, 0.1) is 21.9 Å². The summed E-state index contributed by atoms with van der Waals surface area (Å²) in [5.74, 6) is 1.38. The first kappa shape index (κ1) is 26.0. The van der Waals surface area contributed by atoms with Gasteiger partial charge >= 0.3 is 0 Å². The second-order valence-electron chi connectivity index (χ2n) is 9.81. The SMILES string of the molecule is C\C=c1/[nH]nc(-c2nc3c(-c4ccc(C)s4)nccc3[nH]2)/c1=C/C(=C\N)c1cncc(OCCN2CCCC2)c1. The van der Waals surface area contributed by atoms with Crippen molar-refractivity contribution >= 4 is 40.1 Å². The molecule has 6 rings (SSSR count). The standard InChI is InChI=1S/C30H32N8OS/c1-3-24-23(15-20(16-31)21-14-22(18-32-17-21)39-13-12-38-10-4-5-11-38)27(37-36-24)30-34-25-8-9-33-29(28(25)35-30)26-7-6-19(2)40-26/h3,6-9,14-18,36H,4-5,10-13,31H2,1-2H3,(H,34,35)/b20-16+,23-15+,24-3-. The molecule has 1 saturated heterocycles. The van der Waals surface area contributed by atoms with Gasteiger partial charge in [-0.1, -0.05) is 6.08 Å². The van der Waals surface area contributed by atoms with Crippen molar-refractivity contribution in [1.29, 1.82) is 0 Å². The number of rotatable bonds is 8. The van der Waals surface area contributed by atoms with E-state index in [4.69, 9.17) is 15.5 Å². The van der Waals surface area contributed by atoms with Crippen molar-refractivity contribution in [2.75, 3.05) is 26.2 Å². The Morgan fingerprint density at radius 1 is 1.18 bits per heavy atom. The maximum atomic E-state index is 6.14. The minimum Gasteiger partial charge on any atom is -0.491 e. The highest BCUT2D eigenvalue weighted by Crippen LogP contribution is 2.31. The molecule has 0 saturated carbocycles. The summed E-state index contributed by atoms with van der Waals surface area (Å²) in [7, 11) is 0. The van der Waals surface area contributed by atoms with Crippen LogP contribution in [0.5, 0.6) is 5.75 Å². The predicted octanol–water partition coefficient (Wildman–Crippen LogP) is 3.84. The summed E-state index contributed by atoms with van der Waals surface area (Å²) >= 11 is 1.70. The highest BCUT2D eigenvalue weighted by atomic mass is 32.1. The van der Waals surface area contributed by atoms with Crippen LogP contribution < -0.4 is 21.0 Å². The molecule has 4 N–H and O–H groups in total. The van der Waals surface area contributed by atoms with E-state index in [-0.39, 0.29) is 0 Å². The average Bonchev–Trinajstić information content (AvgIpc) is 3.78. The fraction of sp³-hybridized carbons (Fsp3) is 0.267. The zero-order chi connectivity index (χ0) is 27.5. The molecule has 1 aliphatic rings. The number of fused-ring (bicyclic) bond motifs is 1. The highest BCUT2D eigenvalue weighted by molar-refractivity contribution is 7.15. The van der Waals surface area contributed by atoms with Crippen LogP contribution >= 0.6 is 11.3 Å². The molecule has 204 valence electrons. The number of nitrogens with one attached hydrogen (secondary N) is 2. The molecule has 40 heavy (non-hydrogen) atoms. The normalized spacial score (nSPS) is 15.5. The number of likely N-dealkylation sites (tertiary alicyclic amines) is 1. The van der Waals surface area contributed by atoms with E-state index >= 15 is 0 Å². The molecule has 0 atom stereocenters. The highest BCUT2D eigenvalue weighted by Gasteiger charge is 2.16. The summed E-state index contributed by atoms with van der Waals surface area (Å²) in [4.78, 5) is 22.2. The Morgan fingerprint density at radius 2 is 2.05 bits per heavy atom. The van der Waals surface area contributed by atoms with Crippen molar-refractivity contribution in [1.82, 2.24) is 35.0 Å². The van der Waals surface area contributed by atoms with Crippen molar-refractivity contribution in [2.45, 2.75) is 26.7 Å². The van der Waals surface area contributed by atoms with Crippen LogP contribution in [0.2, 0.25) is 0 Å². The fourth-order valence-corrected chi connectivity index (χ4v) is 5.90. The molecule has 0 spiro atoms. The third-order valence-electron chi connectivity index (χ3n) is 7.12. The van der Waals surface area contributed by atoms with Crippen LogP contribution in [-0.2, 0) is 0 Å². The number of ether oxygens (including phenoxy) is 1. The number of nitrogens with two attached hydrogens (primary N) is 1. The molecule has 0 aromatic carbocycles. The first-order valence-electron chi connectivity index (χ1n) is 13.5. The van der Waals surface area contributed by atoms with E-state index < -0.39 is 0 Å². The van der Waals surface area contributed by atoms with E-state index in [1.165, 1.54) is 17.7 Å². The summed E-state index contributed by atoms with van der Waals surface area (Å²) in [6, 6.07) is 8.10. The lowest BCUT2D eigenvalue weighted by molar-refractivity contribution is 0.237. The number of aromatic amines is 2. The number of aryl methyl sites for hydroxylation is 1. The predicted molar refractivity (Wildman–Crippen MR) is 161 cm³/mol. The smallest absolute Gasteiger partial charge is 0.159 e. The summed E-state index contributed by atoms with van der Waals surface area (Å²) in [6.45, 7) is 7.91. The number of nitrogens with zero attached hydrogens (tertiary/aromatic N) is 5. The summed E-state index contributed by atoms with van der Waals surface area (Å²) < 4.78 is 6.03. The van der Waals surface area contributed by atoms with Crippen LogP contribution in [0.15, 0.2) is 49.1 Å². The van der Waals surface area contributed by atoms with Crippen molar-refractivity contribution in [3.05, 3.63) is 70.1 Å². The van der Waals surface area contributed by atoms with Crippen LogP contribution in [0.25, 0.3) is 50.8 Å². The van der Waals surface area contributed by atoms with Gasteiger partial charge in [0.15, 0.2) is 5.82 Å². The third-order valence-corrected chi connectivity index (χ3v) is 8.13. The molecule has 10 heteroatoms. The molecule has 0 aliphatic carbocycles. The zero-order valence-electron chi connectivity index (χ0n) is 22.6. The number of thiophene rings is 1. The topological polar surface area (TPSA) is 122 Å². The Morgan fingerprint density at radius 3 is 2.83 bits per heavy atom. The molecule has 0 amide bonds. The van der Waals surface area contributed by atoms with E-state index in [9.17, 15) is 0 Å². The van der Waals surface area contributed by atoms with Crippen LogP contribution in [0.3, 0.4) is 0 Å². The lowest BCUT2D eigenvalue weighted by Gasteiger charge is -2.15. The van der Waals surface area contributed by atoms with E-state index in [1.807, 2.05) is 31.2 Å². The molecule has 9 nitrogen and oxygen atoms in total. The summed E-state index contributed by atoms with van der Waals surface area (Å²) in [5.41, 5.74) is 11.1. The maximum Gasteiger partial charge on any atom is 0.159 e. The Labute approximate surface area is 236 Å². The number of imidazole rings is 1. The lowest BCUT2D eigenvalue weighted by atomic mass is 10.1. The lowest BCUT2D eigenvalue weighted by Crippen LogP contribution is -2.25. The largest absolute Gasteiger partial charge is 0.491 e. The molecule has 1 aliphatic heterocycles. The quantitative estimate of drug-likeness (QED) is 0.267. The number of allylic oxidation sites excluding steroid dienone is 1. The second kappa shape index (κ2) is 11.4. The van der Waals surface area contributed by atoms with E-state index in [0.717, 1.165) is 68.7 Å². The van der Waals surface area contributed by atoms with Crippen molar-refractivity contribution in [3.63, 3.8) is 0 Å². The summed E-state index contributed by atoms with van der Waals surface area (Å²) in [6.07, 6.45) is 13.5. The molecule has 5 aromatic heterocycles. The third kappa shape index (κ3) is 5.28. The van der Waals surface area contributed by atoms with E-state index in [0.29, 0.717) is 18.1 Å².